The van der Waals surface area contributed by atoms with E-state index in [4.69, 9.17) is 15.2 Å². The zero-order chi connectivity index (χ0) is 12.7. The number of nitrogens with zero attached hydrogens (tertiary/aromatic N) is 1. The molecule has 17 heavy (non-hydrogen) atoms. The number of carbonyl (C=O) groups excluding carboxylic acids is 1. The molecule has 0 aromatic rings. The second-order valence-electron chi connectivity index (χ2n) is 4.22. The first-order valence-electron chi connectivity index (χ1n) is 6.44. The Kier molecular flexibility index (Phi) is 6.47. The number of hydrogen-bond donors (Lipinski definition) is 1. The van der Waals surface area contributed by atoms with Gasteiger partial charge in [-0.2, -0.15) is 0 Å². The lowest BCUT2D eigenvalue weighted by Gasteiger charge is -2.34. The number of carbonyl (C=O) groups is 1. The van der Waals surface area contributed by atoms with Crippen LogP contribution < -0.4 is 5.73 Å². The lowest BCUT2D eigenvalue weighted by atomic mass is 10.1. The van der Waals surface area contributed by atoms with Gasteiger partial charge in [0.1, 0.15) is 0 Å². The van der Waals surface area contributed by atoms with Crippen LogP contribution in [0.15, 0.2) is 0 Å². The van der Waals surface area contributed by atoms with Crippen LogP contribution in [0.4, 0.5) is 0 Å². The van der Waals surface area contributed by atoms with Crippen LogP contribution in [0.1, 0.15) is 26.7 Å². The zero-order valence-electron chi connectivity index (χ0n) is 10.9. The molecule has 1 amide bonds. The van der Waals surface area contributed by atoms with Gasteiger partial charge in [0.15, 0.2) is 6.10 Å². The summed E-state index contributed by atoms with van der Waals surface area (Å²) in [6.45, 7) is 6.68. The maximum absolute atomic E-state index is 12.3. The largest absolute Gasteiger partial charge is 0.376 e. The molecule has 0 bridgehead atoms. The van der Waals surface area contributed by atoms with Gasteiger partial charge in [0.05, 0.1) is 19.8 Å². The fourth-order valence-electron chi connectivity index (χ4n) is 2.16. The van der Waals surface area contributed by atoms with Crippen LogP contribution in [0.3, 0.4) is 0 Å². The van der Waals surface area contributed by atoms with Gasteiger partial charge in [-0.3, -0.25) is 4.79 Å². The van der Waals surface area contributed by atoms with Crippen LogP contribution in [0, 0.1) is 0 Å². The van der Waals surface area contributed by atoms with Crippen molar-refractivity contribution in [3.05, 3.63) is 0 Å². The molecule has 0 aromatic carbocycles. The molecule has 1 unspecified atom stereocenters. The molecule has 5 heteroatoms. The summed E-state index contributed by atoms with van der Waals surface area (Å²) >= 11 is 0. The standard InChI is InChI=1S/C12H24N2O3/c1-3-10(4-2)14(6-5-13)12(15)11-9-16-7-8-17-11/h10-11H,3-9,13H2,1-2H3. The van der Waals surface area contributed by atoms with Gasteiger partial charge in [-0.05, 0) is 12.8 Å². The highest BCUT2D eigenvalue weighted by atomic mass is 16.6. The summed E-state index contributed by atoms with van der Waals surface area (Å²) in [5.41, 5.74) is 5.58. The highest BCUT2D eigenvalue weighted by molar-refractivity contribution is 5.81. The van der Waals surface area contributed by atoms with E-state index in [1.807, 2.05) is 4.90 Å². The Bertz CT molecular complexity index is 226. The molecule has 1 atom stereocenters. The molecule has 1 fully saturated rings. The molecule has 0 spiro atoms. The van der Waals surface area contributed by atoms with E-state index in [0.29, 0.717) is 32.9 Å². The van der Waals surface area contributed by atoms with Crippen LogP contribution >= 0.6 is 0 Å². The minimum absolute atomic E-state index is 0.0175. The third-order valence-corrected chi connectivity index (χ3v) is 3.13. The fourth-order valence-corrected chi connectivity index (χ4v) is 2.16. The molecule has 1 rings (SSSR count). The second kappa shape index (κ2) is 7.63. The average Bonchev–Trinajstić information content (AvgIpc) is 2.39. The number of ether oxygens (including phenoxy) is 2. The summed E-state index contributed by atoms with van der Waals surface area (Å²) in [6, 6.07) is 0.247. The second-order valence-corrected chi connectivity index (χ2v) is 4.22. The van der Waals surface area contributed by atoms with Crippen molar-refractivity contribution in [2.75, 3.05) is 32.9 Å². The van der Waals surface area contributed by atoms with Crippen molar-refractivity contribution >= 4 is 5.91 Å². The van der Waals surface area contributed by atoms with Crippen LogP contribution in [0.5, 0.6) is 0 Å². The van der Waals surface area contributed by atoms with Crippen molar-refractivity contribution in [1.29, 1.82) is 0 Å². The molecular formula is C12H24N2O3. The molecule has 0 aromatic heterocycles. The first-order valence-corrected chi connectivity index (χ1v) is 6.44. The maximum Gasteiger partial charge on any atom is 0.254 e. The number of amides is 1. The maximum atomic E-state index is 12.3. The lowest BCUT2D eigenvalue weighted by molar-refractivity contribution is -0.160. The quantitative estimate of drug-likeness (QED) is 0.733. The van der Waals surface area contributed by atoms with Crippen LogP contribution in [-0.2, 0) is 14.3 Å². The fraction of sp³-hybridized carbons (Fsp3) is 0.917. The summed E-state index contributed by atoms with van der Waals surface area (Å²) in [5, 5.41) is 0. The van der Waals surface area contributed by atoms with Gasteiger partial charge in [-0.25, -0.2) is 0 Å². The minimum atomic E-state index is -0.448. The van der Waals surface area contributed by atoms with E-state index in [2.05, 4.69) is 13.8 Å². The van der Waals surface area contributed by atoms with E-state index < -0.39 is 6.10 Å². The lowest BCUT2D eigenvalue weighted by Crippen LogP contribution is -2.50. The van der Waals surface area contributed by atoms with Crippen LogP contribution in [0.25, 0.3) is 0 Å². The Morgan fingerprint density at radius 1 is 1.41 bits per heavy atom. The molecule has 1 aliphatic rings. The molecule has 5 nitrogen and oxygen atoms in total. The molecule has 1 saturated heterocycles. The van der Waals surface area contributed by atoms with Crippen molar-refractivity contribution in [3.8, 4) is 0 Å². The van der Waals surface area contributed by atoms with Gasteiger partial charge in [-0.1, -0.05) is 13.8 Å². The number of hydrogen-bond acceptors (Lipinski definition) is 4. The Labute approximate surface area is 103 Å². The molecule has 0 saturated carbocycles. The predicted molar refractivity (Wildman–Crippen MR) is 65.7 cm³/mol. The van der Waals surface area contributed by atoms with E-state index in [0.717, 1.165) is 12.8 Å². The molecule has 0 radical (unpaired) electrons. The van der Waals surface area contributed by atoms with Gasteiger partial charge in [0.2, 0.25) is 0 Å². The molecule has 1 aliphatic heterocycles. The van der Waals surface area contributed by atoms with Gasteiger partial charge in [0, 0.05) is 19.1 Å². The van der Waals surface area contributed by atoms with Crippen molar-refractivity contribution in [2.24, 2.45) is 5.73 Å². The molecular weight excluding hydrogens is 220 g/mol. The monoisotopic (exact) mass is 244 g/mol. The highest BCUT2D eigenvalue weighted by Gasteiger charge is 2.30. The van der Waals surface area contributed by atoms with Crippen molar-refractivity contribution in [1.82, 2.24) is 4.90 Å². The SMILES string of the molecule is CCC(CC)N(CCN)C(=O)C1COCCO1. The zero-order valence-corrected chi connectivity index (χ0v) is 10.9. The third-order valence-electron chi connectivity index (χ3n) is 3.13. The highest BCUT2D eigenvalue weighted by Crippen LogP contribution is 2.13. The third kappa shape index (κ3) is 3.94. The van der Waals surface area contributed by atoms with Gasteiger partial charge < -0.3 is 20.1 Å². The smallest absolute Gasteiger partial charge is 0.254 e. The van der Waals surface area contributed by atoms with E-state index >= 15 is 0 Å². The topological polar surface area (TPSA) is 64.8 Å². The van der Waals surface area contributed by atoms with Crippen LogP contribution in [0.2, 0.25) is 0 Å². The van der Waals surface area contributed by atoms with Crippen molar-refractivity contribution in [3.63, 3.8) is 0 Å². The predicted octanol–water partition coefficient (Wildman–Crippen LogP) is 0.378. The van der Waals surface area contributed by atoms with Crippen molar-refractivity contribution < 1.29 is 14.3 Å². The van der Waals surface area contributed by atoms with Gasteiger partial charge in [-0.15, -0.1) is 0 Å². The molecule has 2 N–H and O–H groups in total. The Morgan fingerprint density at radius 3 is 2.59 bits per heavy atom. The molecule has 1 heterocycles. The van der Waals surface area contributed by atoms with E-state index in [-0.39, 0.29) is 11.9 Å². The van der Waals surface area contributed by atoms with Gasteiger partial charge in [0.25, 0.3) is 5.91 Å². The Balaban J connectivity index is 2.63. The molecule has 0 aliphatic carbocycles. The molecule has 100 valence electrons. The van der Waals surface area contributed by atoms with E-state index in [9.17, 15) is 4.79 Å². The number of rotatable bonds is 6. The average molecular weight is 244 g/mol. The first kappa shape index (κ1) is 14.4. The summed E-state index contributed by atoms with van der Waals surface area (Å²) in [4.78, 5) is 14.2. The summed E-state index contributed by atoms with van der Waals surface area (Å²) in [7, 11) is 0. The number of nitrogens with two attached hydrogens (primary N) is 1. The Hall–Kier alpha value is -0.650. The Morgan fingerprint density at radius 2 is 2.12 bits per heavy atom. The van der Waals surface area contributed by atoms with Gasteiger partial charge >= 0.3 is 0 Å². The summed E-state index contributed by atoms with van der Waals surface area (Å²) in [5.74, 6) is 0.0175. The summed E-state index contributed by atoms with van der Waals surface area (Å²) in [6.07, 6.45) is 1.43. The minimum Gasteiger partial charge on any atom is -0.376 e. The van der Waals surface area contributed by atoms with Crippen molar-refractivity contribution in [2.45, 2.75) is 38.8 Å². The van der Waals surface area contributed by atoms with E-state index in [1.54, 1.807) is 0 Å². The normalized spacial score (nSPS) is 20.6. The van der Waals surface area contributed by atoms with Crippen LogP contribution in [-0.4, -0.2) is 55.9 Å². The summed E-state index contributed by atoms with van der Waals surface area (Å²) < 4.78 is 10.7. The first-order chi connectivity index (χ1) is 8.24. The van der Waals surface area contributed by atoms with E-state index in [1.165, 1.54) is 0 Å².